The van der Waals surface area contributed by atoms with Gasteiger partial charge >= 0.3 is 5.97 Å². The molecule has 2 heterocycles. The Balaban J connectivity index is 1.37. The molecular weight excluding hydrogens is 540 g/mol. The van der Waals surface area contributed by atoms with Crippen molar-refractivity contribution in [1.29, 1.82) is 0 Å². The Morgan fingerprint density at radius 2 is 1.73 bits per heavy atom. The topological polar surface area (TPSA) is 102 Å². The van der Waals surface area contributed by atoms with E-state index in [1.54, 1.807) is 17.0 Å². The summed E-state index contributed by atoms with van der Waals surface area (Å²) in [5.41, 5.74) is 2.69. The van der Waals surface area contributed by atoms with Crippen LogP contribution in [0.1, 0.15) is 34.4 Å². The van der Waals surface area contributed by atoms with Crippen LogP contribution in [-0.2, 0) is 17.8 Å². The lowest BCUT2D eigenvalue weighted by Crippen LogP contribution is -2.31. The van der Waals surface area contributed by atoms with Crippen molar-refractivity contribution in [1.82, 2.24) is 4.90 Å². The number of amidine groups is 1. The van der Waals surface area contributed by atoms with Gasteiger partial charge in [-0.1, -0.05) is 54.6 Å². The number of para-hydroxylation sites is 1. The molecule has 0 unspecified atom stereocenters. The number of amides is 1. The minimum atomic E-state index is -1.14. The van der Waals surface area contributed by atoms with Crippen LogP contribution in [0.2, 0.25) is 0 Å². The van der Waals surface area contributed by atoms with Crippen molar-refractivity contribution in [2.75, 3.05) is 13.2 Å². The van der Waals surface area contributed by atoms with E-state index in [4.69, 9.17) is 24.0 Å². The van der Waals surface area contributed by atoms with E-state index in [1.807, 2.05) is 85.8 Å². The monoisotopic (exact) mass is 568 g/mol. The van der Waals surface area contributed by atoms with Crippen molar-refractivity contribution >= 4 is 40.6 Å². The molecule has 208 valence electrons. The van der Waals surface area contributed by atoms with Crippen molar-refractivity contribution in [2.24, 2.45) is 4.99 Å². The van der Waals surface area contributed by atoms with Gasteiger partial charge in [-0.15, -0.1) is 0 Å². The summed E-state index contributed by atoms with van der Waals surface area (Å²) in [7, 11) is 0. The molecule has 0 saturated carbocycles. The van der Waals surface area contributed by atoms with Crippen molar-refractivity contribution in [3.05, 3.63) is 119 Å². The number of carbonyl (C=O) groups is 2. The number of hydrogen-bond donors (Lipinski definition) is 1. The third-order valence-electron chi connectivity index (χ3n) is 6.14. The number of nitrogens with zero attached hydrogens (tertiary/aromatic N) is 2. The number of carboxylic acids is 1. The quantitative estimate of drug-likeness (QED) is 0.199. The number of rotatable bonds is 11. The van der Waals surface area contributed by atoms with E-state index >= 15 is 0 Å². The number of aliphatic imine (C=N–C) groups is 1. The summed E-state index contributed by atoms with van der Waals surface area (Å²) in [5.74, 6) is -0.0402. The van der Waals surface area contributed by atoms with Gasteiger partial charge in [0.25, 0.3) is 5.91 Å². The standard InChI is InChI=1S/C32H28N2O6S/c1-2-38-28-19-23(13-15-26(28)39-21-25-14-16-27(40-25)31(36)37)20-29-30(35)34(18-17-22-9-5-3-6-10-22)32(41-29)33-24-11-7-4-8-12-24/h3-16,19-20H,2,17-18,21H2,1H3,(H,36,37). The number of aromatic carboxylic acids is 1. The molecule has 1 fully saturated rings. The van der Waals surface area contributed by atoms with Crippen molar-refractivity contribution in [3.8, 4) is 11.5 Å². The minimum Gasteiger partial charge on any atom is -0.490 e. The zero-order valence-electron chi connectivity index (χ0n) is 22.4. The van der Waals surface area contributed by atoms with Crippen LogP contribution in [0, 0.1) is 0 Å². The first-order valence-electron chi connectivity index (χ1n) is 13.1. The fourth-order valence-electron chi connectivity index (χ4n) is 4.16. The third-order valence-corrected chi connectivity index (χ3v) is 7.15. The van der Waals surface area contributed by atoms with E-state index in [0.29, 0.717) is 46.9 Å². The number of ether oxygens (including phenoxy) is 2. The lowest BCUT2D eigenvalue weighted by molar-refractivity contribution is -0.122. The largest absolute Gasteiger partial charge is 0.490 e. The second-order valence-corrected chi connectivity index (χ2v) is 10.0. The summed E-state index contributed by atoms with van der Waals surface area (Å²) in [5, 5.41) is 9.69. The van der Waals surface area contributed by atoms with E-state index in [-0.39, 0.29) is 18.3 Å². The molecule has 1 amide bonds. The summed E-state index contributed by atoms with van der Waals surface area (Å²) in [4.78, 5) is 31.7. The zero-order chi connectivity index (χ0) is 28.6. The lowest BCUT2D eigenvalue weighted by Gasteiger charge is -2.15. The SMILES string of the molecule is CCOc1cc(C=C2SC(=Nc3ccccc3)N(CCc3ccccc3)C2=O)ccc1OCc1ccc(C(=O)O)o1. The second kappa shape index (κ2) is 13.1. The van der Waals surface area contributed by atoms with Gasteiger partial charge in [-0.25, -0.2) is 9.79 Å². The van der Waals surface area contributed by atoms with Crippen LogP contribution in [0.15, 0.2) is 105 Å². The fourth-order valence-corrected chi connectivity index (χ4v) is 5.18. The van der Waals surface area contributed by atoms with Gasteiger partial charge in [-0.05, 0) is 78.7 Å². The number of furan rings is 1. The smallest absolute Gasteiger partial charge is 0.371 e. The molecule has 8 nitrogen and oxygen atoms in total. The summed E-state index contributed by atoms with van der Waals surface area (Å²) in [6, 6.07) is 28.0. The van der Waals surface area contributed by atoms with Gasteiger partial charge in [0.15, 0.2) is 16.7 Å². The van der Waals surface area contributed by atoms with Crippen LogP contribution >= 0.6 is 11.8 Å². The number of benzene rings is 3. The van der Waals surface area contributed by atoms with Gasteiger partial charge in [0.1, 0.15) is 12.4 Å². The van der Waals surface area contributed by atoms with E-state index < -0.39 is 5.97 Å². The molecule has 1 aromatic heterocycles. The lowest BCUT2D eigenvalue weighted by atomic mass is 10.1. The Kier molecular flexibility index (Phi) is 8.85. The average Bonchev–Trinajstić information content (AvgIpc) is 3.57. The molecule has 4 aromatic rings. The van der Waals surface area contributed by atoms with E-state index in [9.17, 15) is 9.59 Å². The Morgan fingerprint density at radius 3 is 2.44 bits per heavy atom. The molecule has 0 radical (unpaired) electrons. The van der Waals surface area contributed by atoms with Crippen LogP contribution in [0.5, 0.6) is 11.5 Å². The van der Waals surface area contributed by atoms with Crippen LogP contribution < -0.4 is 9.47 Å². The van der Waals surface area contributed by atoms with Crippen molar-refractivity contribution < 1.29 is 28.6 Å². The molecule has 1 aliphatic rings. The van der Waals surface area contributed by atoms with Crippen LogP contribution in [0.3, 0.4) is 0 Å². The molecule has 0 spiro atoms. The van der Waals surface area contributed by atoms with E-state index in [2.05, 4.69) is 0 Å². The number of thioether (sulfide) groups is 1. The highest BCUT2D eigenvalue weighted by Crippen LogP contribution is 2.36. The van der Waals surface area contributed by atoms with Gasteiger partial charge < -0.3 is 19.0 Å². The number of hydrogen-bond acceptors (Lipinski definition) is 7. The van der Waals surface area contributed by atoms with Gasteiger partial charge in [0.05, 0.1) is 17.2 Å². The normalized spacial score (nSPS) is 15.0. The Morgan fingerprint density at radius 1 is 0.976 bits per heavy atom. The number of carbonyl (C=O) groups excluding carboxylic acids is 1. The molecular formula is C32H28N2O6S. The van der Waals surface area contributed by atoms with Crippen LogP contribution in [-0.4, -0.2) is 40.2 Å². The Labute approximate surface area is 241 Å². The van der Waals surface area contributed by atoms with Crippen molar-refractivity contribution in [3.63, 3.8) is 0 Å². The van der Waals surface area contributed by atoms with Gasteiger partial charge in [-0.3, -0.25) is 9.69 Å². The molecule has 41 heavy (non-hydrogen) atoms. The first kappa shape index (κ1) is 27.8. The summed E-state index contributed by atoms with van der Waals surface area (Å²) < 4.78 is 16.9. The summed E-state index contributed by atoms with van der Waals surface area (Å²) in [6.45, 7) is 2.83. The van der Waals surface area contributed by atoms with Gasteiger partial charge in [-0.2, -0.15) is 0 Å². The third kappa shape index (κ3) is 7.06. The summed E-state index contributed by atoms with van der Waals surface area (Å²) in [6.07, 6.45) is 2.53. The Bertz CT molecular complexity index is 1580. The predicted molar refractivity (Wildman–Crippen MR) is 159 cm³/mol. The molecule has 5 rings (SSSR count). The molecule has 3 aromatic carbocycles. The van der Waals surface area contributed by atoms with Crippen LogP contribution in [0.4, 0.5) is 5.69 Å². The fraction of sp³-hybridized carbons (Fsp3) is 0.156. The maximum absolute atomic E-state index is 13.6. The molecule has 1 aliphatic heterocycles. The molecule has 0 bridgehead atoms. The first-order chi connectivity index (χ1) is 20.0. The van der Waals surface area contributed by atoms with Gasteiger partial charge in [0.2, 0.25) is 5.76 Å². The molecule has 1 saturated heterocycles. The highest BCUT2D eigenvalue weighted by molar-refractivity contribution is 8.18. The Hall–Kier alpha value is -4.76. The van der Waals surface area contributed by atoms with Crippen LogP contribution in [0.25, 0.3) is 6.08 Å². The predicted octanol–water partition coefficient (Wildman–Crippen LogP) is 6.80. The molecule has 0 atom stereocenters. The summed E-state index contributed by atoms with van der Waals surface area (Å²) >= 11 is 1.34. The first-order valence-corrected chi connectivity index (χ1v) is 13.9. The van der Waals surface area contributed by atoms with E-state index in [1.165, 1.54) is 17.8 Å². The highest BCUT2D eigenvalue weighted by Gasteiger charge is 2.33. The van der Waals surface area contributed by atoms with E-state index in [0.717, 1.165) is 16.8 Å². The number of carboxylic acid groups (broad SMARTS) is 1. The maximum Gasteiger partial charge on any atom is 0.371 e. The second-order valence-electron chi connectivity index (χ2n) is 9.03. The zero-order valence-corrected chi connectivity index (χ0v) is 23.2. The average molecular weight is 569 g/mol. The molecule has 1 N–H and O–H groups in total. The van der Waals surface area contributed by atoms with Crippen molar-refractivity contribution in [2.45, 2.75) is 20.0 Å². The molecule has 0 aliphatic carbocycles. The highest BCUT2D eigenvalue weighted by atomic mass is 32.2. The minimum absolute atomic E-state index is 0.0395. The maximum atomic E-state index is 13.6. The van der Waals surface area contributed by atoms with Gasteiger partial charge in [0, 0.05) is 6.54 Å². The molecule has 9 heteroatoms.